The highest BCUT2D eigenvalue weighted by Gasteiger charge is 2.07. The Bertz CT molecular complexity index is 755. The second-order valence-electron chi connectivity index (χ2n) is 4.07. The maximum absolute atomic E-state index is 6.23. The maximum atomic E-state index is 6.23. The molecule has 0 bridgehead atoms. The lowest BCUT2D eigenvalue weighted by atomic mass is 10.1. The lowest BCUT2D eigenvalue weighted by Crippen LogP contribution is -1.94. The normalized spacial score (nSPS) is 11.0. The van der Waals surface area contributed by atoms with E-state index in [4.69, 9.17) is 10.5 Å². The minimum absolute atomic E-state index is 0.755. The van der Waals surface area contributed by atoms with Crippen molar-refractivity contribution in [2.24, 2.45) is 0 Å². The molecule has 0 radical (unpaired) electrons. The Morgan fingerprint density at radius 2 is 1.89 bits per heavy atom. The molecule has 90 valence electrons. The first-order chi connectivity index (χ1) is 8.69. The number of halogens is 1. The number of anilines is 1. The predicted molar refractivity (Wildman–Crippen MR) is 82.9 cm³/mol. The van der Waals surface area contributed by atoms with Gasteiger partial charge in [-0.05, 0) is 59.0 Å². The van der Waals surface area contributed by atoms with Crippen molar-refractivity contribution in [2.75, 3.05) is 12.8 Å². The molecule has 0 aliphatic carbocycles. The highest BCUT2D eigenvalue weighted by molar-refractivity contribution is 14.1. The lowest BCUT2D eigenvalue weighted by Gasteiger charge is -2.08. The van der Waals surface area contributed by atoms with Gasteiger partial charge in [-0.2, -0.15) is 0 Å². The third-order valence-corrected chi connectivity index (χ3v) is 3.66. The Morgan fingerprint density at radius 1 is 1.06 bits per heavy atom. The molecule has 0 saturated heterocycles. The van der Waals surface area contributed by atoms with E-state index in [1.807, 2.05) is 36.4 Å². The van der Waals surface area contributed by atoms with Crippen LogP contribution in [0.3, 0.4) is 0 Å². The van der Waals surface area contributed by atoms with Gasteiger partial charge < -0.3 is 10.5 Å². The van der Waals surface area contributed by atoms with E-state index in [1.54, 1.807) is 7.11 Å². The van der Waals surface area contributed by atoms with Gasteiger partial charge in [0.25, 0.3) is 0 Å². The Kier molecular flexibility index (Phi) is 2.74. The van der Waals surface area contributed by atoms with Crippen molar-refractivity contribution >= 4 is 50.1 Å². The van der Waals surface area contributed by atoms with E-state index >= 15 is 0 Å². The van der Waals surface area contributed by atoms with Gasteiger partial charge >= 0.3 is 0 Å². The van der Waals surface area contributed by atoms with E-state index in [1.165, 1.54) is 0 Å². The van der Waals surface area contributed by atoms with Crippen molar-refractivity contribution in [1.82, 2.24) is 4.98 Å². The quantitative estimate of drug-likeness (QED) is 0.540. The first-order valence-corrected chi connectivity index (χ1v) is 6.59. The van der Waals surface area contributed by atoms with Crippen LogP contribution >= 0.6 is 22.6 Å². The van der Waals surface area contributed by atoms with E-state index in [2.05, 4.69) is 27.6 Å². The van der Waals surface area contributed by atoms with Crippen LogP contribution in [0.2, 0.25) is 0 Å². The molecule has 18 heavy (non-hydrogen) atoms. The smallest absolute Gasteiger partial charge is 0.119 e. The van der Waals surface area contributed by atoms with Crippen LogP contribution in [-0.4, -0.2) is 12.1 Å². The summed E-state index contributed by atoms with van der Waals surface area (Å²) in [6, 6.07) is 11.8. The molecule has 2 N–H and O–H groups in total. The standard InChI is InChI=1S/C14H11IN2O/c1-18-9-3-5-12-11(7-9)14(16)10-4-2-8(15)6-13(10)17-12/h2-7H,1H3,(H2,16,17)/i15-2. The van der Waals surface area contributed by atoms with Crippen LogP contribution < -0.4 is 10.5 Å². The van der Waals surface area contributed by atoms with E-state index in [-0.39, 0.29) is 0 Å². The Morgan fingerprint density at radius 3 is 2.67 bits per heavy atom. The number of nitrogens with two attached hydrogens (primary N) is 1. The zero-order valence-electron chi connectivity index (χ0n) is 9.77. The molecule has 0 saturated carbocycles. The fraction of sp³-hybridized carbons (Fsp3) is 0.0714. The average molecular weight is 348 g/mol. The number of methoxy groups -OCH3 is 1. The summed E-state index contributed by atoms with van der Waals surface area (Å²) < 4.78 is 6.38. The number of ether oxygens (including phenoxy) is 1. The fourth-order valence-electron chi connectivity index (χ4n) is 2.06. The molecule has 1 aromatic heterocycles. The number of rotatable bonds is 1. The minimum Gasteiger partial charge on any atom is -0.497 e. The topological polar surface area (TPSA) is 48.1 Å². The summed E-state index contributed by atoms with van der Waals surface area (Å²) in [4.78, 5) is 4.63. The summed E-state index contributed by atoms with van der Waals surface area (Å²) >= 11 is 2.27. The number of nitrogens with zero attached hydrogens (tertiary/aromatic N) is 1. The van der Waals surface area contributed by atoms with E-state index in [0.29, 0.717) is 0 Å². The van der Waals surface area contributed by atoms with Crippen molar-refractivity contribution in [3.63, 3.8) is 0 Å². The van der Waals surface area contributed by atoms with Crippen molar-refractivity contribution in [3.05, 3.63) is 40.0 Å². The van der Waals surface area contributed by atoms with Gasteiger partial charge in [-0.3, -0.25) is 0 Å². The lowest BCUT2D eigenvalue weighted by molar-refractivity contribution is 0.415. The molecule has 3 rings (SSSR count). The summed E-state index contributed by atoms with van der Waals surface area (Å²) in [7, 11) is 1.65. The molecular formula is C14H11IN2O. The molecule has 3 nitrogen and oxygen atoms in total. The third-order valence-electron chi connectivity index (χ3n) is 2.98. The van der Waals surface area contributed by atoms with Crippen molar-refractivity contribution in [1.29, 1.82) is 0 Å². The second-order valence-corrected chi connectivity index (χ2v) is 5.32. The first kappa shape index (κ1) is 11.5. The second kappa shape index (κ2) is 4.28. The van der Waals surface area contributed by atoms with Crippen LogP contribution in [0.15, 0.2) is 36.4 Å². The van der Waals surface area contributed by atoms with Gasteiger partial charge in [0.2, 0.25) is 0 Å². The highest BCUT2D eigenvalue weighted by Crippen LogP contribution is 2.31. The van der Waals surface area contributed by atoms with Crippen LogP contribution in [0.1, 0.15) is 0 Å². The molecular weight excluding hydrogens is 337 g/mol. The number of aromatic nitrogens is 1. The maximum Gasteiger partial charge on any atom is 0.119 e. The van der Waals surface area contributed by atoms with Crippen molar-refractivity contribution < 1.29 is 4.74 Å². The molecule has 3 aromatic rings. The first-order valence-electron chi connectivity index (χ1n) is 5.51. The van der Waals surface area contributed by atoms with Gasteiger partial charge in [0, 0.05) is 14.3 Å². The van der Waals surface area contributed by atoms with Crippen LogP contribution in [0.4, 0.5) is 5.69 Å². The number of hydrogen-bond donors (Lipinski definition) is 1. The number of benzene rings is 2. The molecule has 0 aliphatic rings. The van der Waals surface area contributed by atoms with Gasteiger partial charge in [-0.15, -0.1) is 0 Å². The van der Waals surface area contributed by atoms with Crippen LogP contribution in [-0.2, 0) is 0 Å². The summed E-state index contributed by atoms with van der Waals surface area (Å²) in [6.45, 7) is 0. The van der Waals surface area contributed by atoms with Gasteiger partial charge in [-0.25, -0.2) is 4.98 Å². The molecule has 4 heteroatoms. The third kappa shape index (κ3) is 1.77. The van der Waals surface area contributed by atoms with Gasteiger partial charge in [0.05, 0.1) is 23.8 Å². The van der Waals surface area contributed by atoms with Gasteiger partial charge in [-0.1, -0.05) is 0 Å². The number of fused-ring (bicyclic) bond motifs is 2. The average Bonchev–Trinajstić information content (AvgIpc) is 2.38. The highest BCUT2D eigenvalue weighted by atomic mass is 125. The molecule has 0 fully saturated rings. The number of pyridine rings is 1. The van der Waals surface area contributed by atoms with E-state index in [0.717, 1.165) is 36.8 Å². The van der Waals surface area contributed by atoms with Gasteiger partial charge in [0.15, 0.2) is 0 Å². The molecule has 2 aromatic carbocycles. The Hall–Kier alpha value is -1.56. The number of nitrogen functional groups attached to an aromatic ring is 1. The predicted octanol–water partition coefficient (Wildman–Crippen LogP) is 3.58. The van der Waals surface area contributed by atoms with E-state index in [9.17, 15) is 0 Å². The zero-order chi connectivity index (χ0) is 12.7. The Labute approximate surface area is 118 Å². The minimum atomic E-state index is 0.755. The summed E-state index contributed by atoms with van der Waals surface area (Å²) in [5.74, 6) is 0.792. The molecule has 0 unspecified atom stereocenters. The summed E-state index contributed by atoms with van der Waals surface area (Å²) in [6.07, 6.45) is 0. The molecule has 0 atom stereocenters. The Balaban J connectivity index is 2.44. The SMILES string of the molecule is COc1ccc2nc3cc([125I])ccc3c(N)c2c1. The number of hydrogen-bond acceptors (Lipinski definition) is 3. The fourth-order valence-corrected chi connectivity index (χ4v) is 2.53. The van der Waals surface area contributed by atoms with Crippen LogP contribution in [0.25, 0.3) is 21.8 Å². The van der Waals surface area contributed by atoms with Crippen LogP contribution in [0, 0.1) is 3.57 Å². The van der Waals surface area contributed by atoms with Crippen molar-refractivity contribution in [2.45, 2.75) is 0 Å². The van der Waals surface area contributed by atoms with Gasteiger partial charge in [0.1, 0.15) is 5.75 Å². The van der Waals surface area contributed by atoms with Crippen molar-refractivity contribution in [3.8, 4) is 5.75 Å². The molecule has 0 amide bonds. The zero-order valence-corrected chi connectivity index (χ0v) is 11.9. The molecule has 0 spiro atoms. The summed E-state index contributed by atoms with van der Waals surface area (Å²) in [5, 5.41) is 1.92. The largest absolute Gasteiger partial charge is 0.497 e. The van der Waals surface area contributed by atoms with Crippen LogP contribution in [0.5, 0.6) is 5.75 Å². The molecule has 0 aliphatic heterocycles. The molecule has 1 heterocycles. The monoisotopic (exact) mass is 348 g/mol. The van der Waals surface area contributed by atoms with E-state index < -0.39 is 0 Å². The summed E-state index contributed by atoms with van der Waals surface area (Å²) in [5.41, 5.74) is 8.80.